The highest BCUT2D eigenvalue weighted by atomic mass is 35.5. The number of aromatic nitrogens is 5. The molecule has 1 aromatic carbocycles. The molecule has 160 valence electrons. The second kappa shape index (κ2) is 8.98. The van der Waals surface area contributed by atoms with Gasteiger partial charge in [-0.3, -0.25) is 0 Å². The molecular weight excluding hydrogens is 430 g/mol. The van der Waals surface area contributed by atoms with Gasteiger partial charge in [0.15, 0.2) is 11.5 Å². The number of benzene rings is 1. The Kier molecular flexibility index (Phi) is 5.93. The Morgan fingerprint density at radius 3 is 2.97 bits per heavy atom. The largest absolute Gasteiger partial charge is 0.360 e. The van der Waals surface area contributed by atoms with E-state index in [4.69, 9.17) is 16.6 Å². The lowest BCUT2D eigenvalue weighted by atomic mass is 10.1. The topological polar surface area (TPSA) is 82.6 Å². The molecule has 0 spiro atoms. The molecule has 3 aromatic heterocycles. The number of fused-ring (bicyclic) bond motifs is 2. The highest BCUT2D eigenvalue weighted by Crippen LogP contribution is 2.34. The molecule has 1 atom stereocenters. The number of nitrogens with zero attached hydrogens (tertiary/aromatic N) is 5. The lowest BCUT2D eigenvalue weighted by molar-refractivity contribution is 0.362. The van der Waals surface area contributed by atoms with Gasteiger partial charge in [0.2, 0.25) is 0 Å². The summed E-state index contributed by atoms with van der Waals surface area (Å²) in [7, 11) is 0. The summed E-state index contributed by atoms with van der Waals surface area (Å²) < 4.78 is 0. The normalized spacial score (nSPS) is 15.7. The molecule has 4 aromatic rings. The summed E-state index contributed by atoms with van der Waals surface area (Å²) in [5.41, 5.74) is 2.38. The second-order valence-electron chi connectivity index (χ2n) is 7.78. The summed E-state index contributed by atoms with van der Waals surface area (Å²) in [6, 6.07) is 8.08. The van der Waals surface area contributed by atoms with E-state index < -0.39 is 0 Å². The van der Waals surface area contributed by atoms with Gasteiger partial charge >= 0.3 is 0 Å². The van der Waals surface area contributed by atoms with Crippen molar-refractivity contribution in [3.05, 3.63) is 47.6 Å². The van der Waals surface area contributed by atoms with Crippen molar-refractivity contribution in [1.82, 2.24) is 29.8 Å². The lowest BCUT2D eigenvalue weighted by Crippen LogP contribution is -2.21. The molecule has 4 heterocycles. The van der Waals surface area contributed by atoms with Crippen molar-refractivity contribution < 1.29 is 0 Å². The van der Waals surface area contributed by atoms with Crippen LogP contribution in [0, 0.1) is 0 Å². The zero-order valence-corrected chi connectivity index (χ0v) is 18.9. The number of H-pyrrole nitrogens is 1. The van der Waals surface area contributed by atoms with Crippen LogP contribution in [0.3, 0.4) is 0 Å². The number of thioether (sulfide) groups is 1. The molecule has 5 rings (SSSR count). The van der Waals surface area contributed by atoms with Crippen molar-refractivity contribution in [3.63, 3.8) is 0 Å². The molecule has 1 fully saturated rings. The minimum Gasteiger partial charge on any atom is -0.360 e. The molecule has 0 radical (unpaired) electrons. The van der Waals surface area contributed by atoms with E-state index in [1.807, 2.05) is 12.1 Å². The van der Waals surface area contributed by atoms with Crippen molar-refractivity contribution in [2.24, 2.45) is 0 Å². The van der Waals surface area contributed by atoms with E-state index in [1.54, 1.807) is 18.1 Å². The Balaban J connectivity index is 1.43. The van der Waals surface area contributed by atoms with Gasteiger partial charge in [-0.1, -0.05) is 23.7 Å². The molecule has 1 aliphatic heterocycles. The van der Waals surface area contributed by atoms with Gasteiger partial charge < -0.3 is 15.2 Å². The number of imidazole rings is 1. The average Bonchev–Trinajstić information content (AvgIpc) is 3.46. The first-order valence-electron chi connectivity index (χ1n) is 10.5. The van der Waals surface area contributed by atoms with Crippen LogP contribution in [0.25, 0.3) is 21.9 Å². The fraction of sp³-hybridized carbons (Fsp3) is 0.364. The lowest BCUT2D eigenvalue weighted by Gasteiger charge is -2.18. The van der Waals surface area contributed by atoms with E-state index in [0.717, 1.165) is 44.3 Å². The van der Waals surface area contributed by atoms with Crippen LogP contribution in [0.4, 0.5) is 5.82 Å². The van der Waals surface area contributed by atoms with Crippen molar-refractivity contribution in [2.45, 2.75) is 30.8 Å². The minimum absolute atomic E-state index is 0.0530. The van der Waals surface area contributed by atoms with Crippen LogP contribution in [0.2, 0.25) is 5.02 Å². The van der Waals surface area contributed by atoms with Gasteiger partial charge in [-0.25, -0.2) is 19.9 Å². The third-order valence-electron chi connectivity index (χ3n) is 5.66. The van der Waals surface area contributed by atoms with Crippen LogP contribution in [-0.2, 0) is 0 Å². The maximum atomic E-state index is 6.58. The Morgan fingerprint density at radius 1 is 1.23 bits per heavy atom. The van der Waals surface area contributed by atoms with Gasteiger partial charge in [-0.05, 0) is 50.4 Å². The highest BCUT2D eigenvalue weighted by molar-refractivity contribution is 7.99. The number of anilines is 1. The second-order valence-corrected chi connectivity index (χ2v) is 9.27. The van der Waals surface area contributed by atoms with E-state index in [0.29, 0.717) is 11.5 Å². The summed E-state index contributed by atoms with van der Waals surface area (Å²) in [5.74, 6) is 1.71. The third-order valence-corrected chi connectivity index (χ3v) is 6.93. The summed E-state index contributed by atoms with van der Waals surface area (Å²) in [5, 5.41) is 7.32. The number of likely N-dealkylation sites (tertiary alicyclic amines) is 1. The van der Waals surface area contributed by atoms with Gasteiger partial charge in [0.1, 0.15) is 16.9 Å². The average molecular weight is 454 g/mol. The van der Waals surface area contributed by atoms with Crippen LogP contribution < -0.4 is 5.32 Å². The van der Waals surface area contributed by atoms with Gasteiger partial charge in [0, 0.05) is 17.7 Å². The first kappa shape index (κ1) is 20.5. The monoisotopic (exact) mass is 453 g/mol. The number of hydrogen-bond acceptors (Lipinski definition) is 7. The fourth-order valence-corrected chi connectivity index (χ4v) is 5.42. The standard InChI is InChI=1S/C22H24ClN7S/c1-14(28-21-19-20(25-12-24-19)26-13-27-21)17-11-15-5-4-6-16(23)18(15)22(29-17)31-10-9-30-7-2-3-8-30/h4-6,11-14H,2-3,7-10H2,1H3,(H2,24,25,26,27,28). The number of pyridine rings is 1. The smallest absolute Gasteiger partial charge is 0.182 e. The van der Waals surface area contributed by atoms with Crippen molar-refractivity contribution in [3.8, 4) is 0 Å². The maximum Gasteiger partial charge on any atom is 0.182 e. The molecule has 1 aliphatic rings. The zero-order valence-electron chi connectivity index (χ0n) is 17.3. The number of aromatic amines is 1. The summed E-state index contributed by atoms with van der Waals surface area (Å²) in [4.78, 5) is 23.4. The third kappa shape index (κ3) is 4.33. The van der Waals surface area contributed by atoms with E-state index in [9.17, 15) is 0 Å². The first-order valence-corrected chi connectivity index (χ1v) is 11.9. The molecular formula is C22H24ClN7S. The Labute approximate surface area is 190 Å². The van der Waals surface area contributed by atoms with Crippen molar-refractivity contribution in [1.29, 1.82) is 0 Å². The molecule has 1 saturated heterocycles. The number of nitrogens with one attached hydrogen (secondary N) is 2. The fourth-order valence-electron chi connectivity index (χ4n) is 4.01. The molecule has 0 bridgehead atoms. The highest BCUT2D eigenvalue weighted by Gasteiger charge is 2.17. The molecule has 7 nitrogen and oxygen atoms in total. The van der Waals surface area contributed by atoms with Gasteiger partial charge in [0.25, 0.3) is 0 Å². The van der Waals surface area contributed by atoms with Gasteiger partial charge in [-0.2, -0.15) is 0 Å². The molecule has 0 amide bonds. The van der Waals surface area contributed by atoms with E-state index in [-0.39, 0.29) is 6.04 Å². The van der Waals surface area contributed by atoms with Crippen LogP contribution in [0.1, 0.15) is 31.5 Å². The maximum absolute atomic E-state index is 6.58. The van der Waals surface area contributed by atoms with Crippen LogP contribution in [0.5, 0.6) is 0 Å². The number of hydrogen-bond donors (Lipinski definition) is 2. The van der Waals surface area contributed by atoms with Gasteiger partial charge in [-0.15, -0.1) is 11.8 Å². The molecule has 1 unspecified atom stereocenters. The Bertz CT molecular complexity index is 1210. The first-order chi connectivity index (χ1) is 15.2. The van der Waals surface area contributed by atoms with Crippen LogP contribution in [0.15, 0.2) is 41.9 Å². The number of halogens is 1. The summed E-state index contributed by atoms with van der Waals surface area (Å²) >= 11 is 8.36. The quantitative estimate of drug-likeness (QED) is 0.384. The van der Waals surface area contributed by atoms with Crippen molar-refractivity contribution in [2.75, 3.05) is 30.7 Å². The molecule has 9 heteroatoms. The van der Waals surface area contributed by atoms with Crippen LogP contribution >= 0.6 is 23.4 Å². The SMILES string of the molecule is CC(Nc1ncnc2nc[nH]c12)c1cc2cccc(Cl)c2c(SCCN2CCCC2)n1. The van der Waals surface area contributed by atoms with E-state index in [1.165, 1.54) is 32.3 Å². The van der Waals surface area contributed by atoms with E-state index in [2.05, 4.69) is 49.2 Å². The van der Waals surface area contributed by atoms with E-state index >= 15 is 0 Å². The van der Waals surface area contributed by atoms with Crippen LogP contribution in [-0.4, -0.2) is 55.2 Å². The predicted octanol–water partition coefficient (Wildman–Crippen LogP) is 4.92. The molecule has 2 N–H and O–H groups in total. The van der Waals surface area contributed by atoms with Gasteiger partial charge in [0.05, 0.1) is 23.1 Å². The predicted molar refractivity (Wildman–Crippen MR) is 127 cm³/mol. The zero-order chi connectivity index (χ0) is 21.2. The minimum atomic E-state index is -0.0530. The Morgan fingerprint density at radius 2 is 2.10 bits per heavy atom. The molecule has 31 heavy (non-hydrogen) atoms. The summed E-state index contributed by atoms with van der Waals surface area (Å²) in [6.07, 6.45) is 5.76. The molecule has 0 aliphatic carbocycles. The Hall–Kier alpha value is -2.42. The summed E-state index contributed by atoms with van der Waals surface area (Å²) in [6.45, 7) is 5.58. The number of rotatable bonds is 7. The van der Waals surface area contributed by atoms with Crippen molar-refractivity contribution >= 4 is 51.1 Å². The molecule has 0 saturated carbocycles.